The maximum atomic E-state index is 11.9. The van der Waals surface area contributed by atoms with E-state index in [1.165, 1.54) is 0 Å². The second kappa shape index (κ2) is 7.62. The normalized spacial score (nSPS) is 17.7. The summed E-state index contributed by atoms with van der Waals surface area (Å²) in [4.78, 5) is 11.9. The van der Waals surface area contributed by atoms with Crippen molar-refractivity contribution in [2.75, 3.05) is 23.6 Å². The largest absolute Gasteiger partial charge is 0.494 e. The molecule has 1 heterocycles. The molecule has 0 unspecified atom stereocenters. The van der Waals surface area contributed by atoms with Crippen molar-refractivity contribution in [3.05, 3.63) is 23.8 Å². The molecule has 0 saturated carbocycles. The van der Waals surface area contributed by atoms with Crippen molar-refractivity contribution >= 4 is 35.8 Å². The molecule has 1 aliphatic rings. The first kappa shape index (κ1) is 16.1. The summed E-state index contributed by atoms with van der Waals surface area (Å²) >= 11 is 1.74. The van der Waals surface area contributed by atoms with E-state index in [1.54, 1.807) is 11.8 Å². The fourth-order valence-corrected chi connectivity index (χ4v) is 2.78. The van der Waals surface area contributed by atoms with Gasteiger partial charge in [-0.3, -0.25) is 10.1 Å². The number of hydrogen-bond acceptors (Lipinski definition) is 4. The van der Waals surface area contributed by atoms with Crippen molar-refractivity contribution in [3.8, 4) is 5.75 Å². The highest BCUT2D eigenvalue weighted by atomic mass is 35.5. The molecule has 4 nitrogen and oxygen atoms in total. The number of halogens is 1. The van der Waals surface area contributed by atoms with E-state index in [9.17, 15) is 4.79 Å². The Bertz CT molecular complexity index is 437. The predicted octanol–water partition coefficient (Wildman–Crippen LogP) is 2.42. The van der Waals surface area contributed by atoms with Crippen LogP contribution in [0.4, 0.5) is 5.69 Å². The predicted molar refractivity (Wildman–Crippen MR) is 82.5 cm³/mol. The number of nitrogens with one attached hydrogen (secondary N) is 2. The van der Waals surface area contributed by atoms with E-state index in [0.29, 0.717) is 6.61 Å². The van der Waals surface area contributed by atoms with Crippen molar-refractivity contribution in [1.29, 1.82) is 0 Å². The summed E-state index contributed by atoms with van der Waals surface area (Å²) in [5.74, 6) is 2.58. The molecular weight excluding hydrogens is 284 g/mol. The summed E-state index contributed by atoms with van der Waals surface area (Å²) in [6.45, 7) is 4.58. The van der Waals surface area contributed by atoms with Crippen molar-refractivity contribution < 1.29 is 9.53 Å². The lowest BCUT2D eigenvalue weighted by molar-refractivity contribution is -0.117. The van der Waals surface area contributed by atoms with Crippen LogP contribution in [-0.2, 0) is 4.79 Å². The molecule has 2 N–H and O–H groups in total. The number of carbonyl (C=O) groups is 1. The van der Waals surface area contributed by atoms with Gasteiger partial charge in [0, 0.05) is 17.3 Å². The lowest BCUT2D eigenvalue weighted by atomic mass is 10.2. The number of thioether (sulfide) groups is 1. The van der Waals surface area contributed by atoms with E-state index >= 15 is 0 Å². The molecular formula is C13H19ClN2O2S. The highest BCUT2D eigenvalue weighted by Crippen LogP contribution is 2.22. The molecule has 1 fully saturated rings. The van der Waals surface area contributed by atoms with E-state index in [0.717, 1.165) is 28.6 Å². The zero-order valence-electron chi connectivity index (χ0n) is 11.1. The molecule has 1 aliphatic heterocycles. The minimum atomic E-state index is -0.0816. The van der Waals surface area contributed by atoms with Gasteiger partial charge in [0.05, 0.1) is 12.6 Å². The first-order valence-corrected chi connectivity index (χ1v) is 7.21. The topological polar surface area (TPSA) is 50.4 Å². The Balaban J connectivity index is 0.00000180. The average Bonchev–Trinajstić information content (AvgIpc) is 2.86. The third kappa shape index (κ3) is 4.30. The van der Waals surface area contributed by atoms with Gasteiger partial charge in [0.25, 0.3) is 0 Å². The Labute approximate surface area is 124 Å². The van der Waals surface area contributed by atoms with E-state index in [2.05, 4.69) is 10.6 Å². The molecule has 19 heavy (non-hydrogen) atoms. The lowest BCUT2D eigenvalue weighted by Crippen LogP contribution is -2.37. The Hall–Kier alpha value is -0.910. The van der Waals surface area contributed by atoms with E-state index < -0.39 is 0 Å². The van der Waals surface area contributed by atoms with Gasteiger partial charge < -0.3 is 10.1 Å². The molecule has 0 radical (unpaired) electrons. The maximum absolute atomic E-state index is 11.9. The lowest BCUT2D eigenvalue weighted by Gasteiger charge is -2.12. The summed E-state index contributed by atoms with van der Waals surface area (Å²) in [5.41, 5.74) is 1.85. The Kier molecular flexibility index (Phi) is 6.48. The molecule has 1 aromatic rings. The van der Waals surface area contributed by atoms with Crippen LogP contribution in [0.2, 0.25) is 0 Å². The van der Waals surface area contributed by atoms with Crippen LogP contribution in [0.5, 0.6) is 5.75 Å². The summed E-state index contributed by atoms with van der Waals surface area (Å²) in [6, 6.07) is 5.62. The van der Waals surface area contributed by atoms with E-state index in [4.69, 9.17) is 4.74 Å². The molecule has 1 saturated heterocycles. The summed E-state index contributed by atoms with van der Waals surface area (Å²) in [6.07, 6.45) is 0. The highest BCUT2D eigenvalue weighted by molar-refractivity contribution is 7.99. The second-order valence-corrected chi connectivity index (χ2v) is 5.20. The summed E-state index contributed by atoms with van der Waals surface area (Å²) in [5, 5.41) is 6.07. The smallest absolute Gasteiger partial charge is 0.242 e. The Morgan fingerprint density at radius 2 is 2.37 bits per heavy atom. The van der Waals surface area contributed by atoms with Crippen LogP contribution >= 0.6 is 24.2 Å². The molecule has 2 rings (SSSR count). The minimum absolute atomic E-state index is 0. The van der Waals surface area contributed by atoms with Crippen molar-refractivity contribution in [2.24, 2.45) is 0 Å². The maximum Gasteiger partial charge on any atom is 0.242 e. The van der Waals surface area contributed by atoms with Gasteiger partial charge in [0.15, 0.2) is 0 Å². The fraction of sp³-hybridized carbons (Fsp3) is 0.462. The highest BCUT2D eigenvalue weighted by Gasteiger charge is 2.22. The summed E-state index contributed by atoms with van der Waals surface area (Å²) in [7, 11) is 0. The first-order valence-electron chi connectivity index (χ1n) is 6.06. The van der Waals surface area contributed by atoms with E-state index in [1.807, 2.05) is 32.0 Å². The summed E-state index contributed by atoms with van der Waals surface area (Å²) < 4.78 is 5.47. The second-order valence-electron chi connectivity index (χ2n) is 4.17. The van der Waals surface area contributed by atoms with Crippen LogP contribution in [0.1, 0.15) is 12.5 Å². The van der Waals surface area contributed by atoms with Crippen molar-refractivity contribution in [2.45, 2.75) is 19.9 Å². The quantitative estimate of drug-likeness (QED) is 0.897. The van der Waals surface area contributed by atoms with Gasteiger partial charge in [-0.2, -0.15) is 0 Å². The third-order valence-electron chi connectivity index (χ3n) is 2.78. The number of hydrogen-bond donors (Lipinski definition) is 2. The molecule has 1 amide bonds. The monoisotopic (exact) mass is 302 g/mol. The number of benzene rings is 1. The molecule has 6 heteroatoms. The van der Waals surface area contributed by atoms with Crippen LogP contribution in [0.25, 0.3) is 0 Å². The van der Waals surface area contributed by atoms with Crippen LogP contribution in [0, 0.1) is 6.92 Å². The van der Waals surface area contributed by atoms with Crippen LogP contribution in [-0.4, -0.2) is 30.2 Å². The molecule has 1 aromatic carbocycles. The number of ether oxygens (including phenoxy) is 1. The van der Waals surface area contributed by atoms with Gasteiger partial charge >= 0.3 is 0 Å². The van der Waals surface area contributed by atoms with Crippen LogP contribution < -0.4 is 15.4 Å². The minimum Gasteiger partial charge on any atom is -0.494 e. The Morgan fingerprint density at radius 1 is 1.58 bits per heavy atom. The number of aryl methyl sites for hydroxylation is 1. The number of rotatable bonds is 4. The van der Waals surface area contributed by atoms with Gasteiger partial charge in [0.2, 0.25) is 5.91 Å². The van der Waals surface area contributed by atoms with Gasteiger partial charge in [-0.05, 0) is 37.6 Å². The van der Waals surface area contributed by atoms with Crippen molar-refractivity contribution in [1.82, 2.24) is 5.32 Å². The van der Waals surface area contributed by atoms with Gasteiger partial charge in [-0.15, -0.1) is 24.2 Å². The molecule has 0 spiro atoms. The molecule has 106 valence electrons. The molecule has 0 bridgehead atoms. The molecule has 0 aliphatic carbocycles. The fourth-order valence-electron chi connectivity index (χ4n) is 1.84. The number of anilines is 1. The zero-order chi connectivity index (χ0) is 13.0. The molecule has 1 atom stereocenters. The average molecular weight is 303 g/mol. The van der Waals surface area contributed by atoms with Gasteiger partial charge in [-0.1, -0.05) is 0 Å². The first-order chi connectivity index (χ1) is 8.70. The van der Waals surface area contributed by atoms with E-state index in [-0.39, 0.29) is 24.4 Å². The van der Waals surface area contributed by atoms with Gasteiger partial charge in [-0.25, -0.2) is 0 Å². The van der Waals surface area contributed by atoms with Crippen molar-refractivity contribution in [3.63, 3.8) is 0 Å². The van der Waals surface area contributed by atoms with Crippen LogP contribution in [0.15, 0.2) is 18.2 Å². The third-order valence-corrected chi connectivity index (χ3v) is 3.71. The Morgan fingerprint density at radius 3 is 2.95 bits per heavy atom. The SMILES string of the molecule is CCOc1ccc(NC(=O)[C@H]2CSCN2)cc1C.Cl. The number of carbonyl (C=O) groups excluding carboxylic acids is 1. The zero-order valence-corrected chi connectivity index (χ0v) is 12.7. The number of amides is 1. The molecule has 0 aromatic heterocycles. The van der Waals surface area contributed by atoms with Crippen LogP contribution in [0.3, 0.4) is 0 Å². The standard InChI is InChI=1S/C13H18N2O2S.ClH/c1-3-17-12-5-4-10(6-9(12)2)15-13(16)11-7-18-8-14-11;/h4-6,11,14H,3,7-8H2,1-2H3,(H,15,16);1H/t11-;/m1./s1. The van der Waals surface area contributed by atoms with Gasteiger partial charge in [0.1, 0.15) is 5.75 Å².